The van der Waals surface area contributed by atoms with Gasteiger partial charge in [-0.25, -0.2) is 0 Å². The molecular formula is C26H28O. The topological polar surface area (TPSA) is 9.23 Å². The predicted octanol–water partition coefficient (Wildman–Crippen LogP) is 7.18. The first-order valence-corrected chi connectivity index (χ1v) is 10.0. The van der Waals surface area contributed by atoms with Gasteiger partial charge in [0.05, 0.1) is 7.11 Å². The Morgan fingerprint density at radius 1 is 0.852 bits per heavy atom. The number of benzene rings is 3. The normalized spacial score (nSPS) is 15.4. The van der Waals surface area contributed by atoms with E-state index in [1.807, 2.05) is 0 Å². The van der Waals surface area contributed by atoms with Crippen LogP contribution in [0.5, 0.6) is 5.75 Å². The number of rotatable bonds is 5. The maximum Gasteiger partial charge on any atom is 0.119 e. The highest BCUT2D eigenvalue weighted by Crippen LogP contribution is 2.36. The summed E-state index contributed by atoms with van der Waals surface area (Å²) >= 11 is 0. The van der Waals surface area contributed by atoms with E-state index in [-0.39, 0.29) is 0 Å². The molecule has 0 bridgehead atoms. The summed E-state index contributed by atoms with van der Waals surface area (Å²) in [6.07, 6.45) is 8.79. The molecule has 138 valence electrons. The lowest BCUT2D eigenvalue weighted by Crippen LogP contribution is -2.05. The average molecular weight is 357 g/mol. The Labute approximate surface area is 162 Å². The number of fused-ring (bicyclic) bond motifs is 1. The molecule has 0 saturated heterocycles. The second kappa shape index (κ2) is 8.00. The van der Waals surface area contributed by atoms with Crippen molar-refractivity contribution >= 4 is 10.8 Å². The molecule has 1 heteroatoms. The minimum atomic E-state index is 0.418. The summed E-state index contributed by atoms with van der Waals surface area (Å²) in [7, 11) is 1.72. The number of hydrogen-bond donors (Lipinski definition) is 0. The van der Waals surface area contributed by atoms with Crippen LogP contribution in [0.25, 0.3) is 10.8 Å². The van der Waals surface area contributed by atoms with Gasteiger partial charge < -0.3 is 4.74 Å². The number of methoxy groups -OCH3 is 1. The first kappa shape index (κ1) is 17.9. The Bertz CT molecular complexity index is 950. The largest absolute Gasteiger partial charge is 0.497 e. The quantitative estimate of drug-likeness (QED) is 0.440. The second-order valence-corrected chi connectivity index (χ2v) is 7.75. The molecule has 3 aromatic rings. The van der Waals surface area contributed by atoms with Crippen molar-refractivity contribution < 1.29 is 4.74 Å². The number of ether oxygens (including phenoxy) is 1. The molecule has 1 unspecified atom stereocenters. The van der Waals surface area contributed by atoms with E-state index in [0.29, 0.717) is 5.92 Å². The first-order chi connectivity index (χ1) is 13.2. The Balaban J connectivity index is 1.73. The van der Waals surface area contributed by atoms with Crippen molar-refractivity contribution in [1.29, 1.82) is 0 Å². The second-order valence-electron chi connectivity index (χ2n) is 7.75. The summed E-state index contributed by atoms with van der Waals surface area (Å²) in [6.45, 7) is 2.16. The van der Waals surface area contributed by atoms with Crippen LogP contribution < -0.4 is 4.74 Å². The number of hydrogen-bond acceptors (Lipinski definition) is 1. The maximum absolute atomic E-state index is 5.37. The van der Waals surface area contributed by atoms with Crippen molar-refractivity contribution in [2.75, 3.05) is 7.11 Å². The van der Waals surface area contributed by atoms with Crippen molar-refractivity contribution in [1.82, 2.24) is 0 Å². The van der Waals surface area contributed by atoms with E-state index in [0.717, 1.165) is 12.2 Å². The van der Waals surface area contributed by atoms with Crippen molar-refractivity contribution in [2.24, 2.45) is 0 Å². The molecule has 0 aliphatic heterocycles. The lowest BCUT2D eigenvalue weighted by molar-refractivity contribution is 0.415. The van der Waals surface area contributed by atoms with Crippen molar-refractivity contribution in [3.63, 3.8) is 0 Å². The molecule has 0 saturated carbocycles. The van der Waals surface area contributed by atoms with Gasteiger partial charge in [0.2, 0.25) is 0 Å². The van der Waals surface area contributed by atoms with E-state index in [1.54, 1.807) is 12.7 Å². The van der Waals surface area contributed by atoms with Gasteiger partial charge in [-0.15, -0.1) is 0 Å². The SMILES string of the molecule is COc1ccc2cc(C(CC3=CCCCC3)c3ccc(C)cc3)ccc2c1. The molecule has 1 nitrogen and oxygen atoms in total. The predicted molar refractivity (Wildman–Crippen MR) is 115 cm³/mol. The average Bonchev–Trinajstić information content (AvgIpc) is 2.73. The molecule has 0 radical (unpaired) electrons. The lowest BCUT2D eigenvalue weighted by Gasteiger charge is -2.22. The smallest absolute Gasteiger partial charge is 0.119 e. The Morgan fingerprint density at radius 3 is 2.33 bits per heavy atom. The fourth-order valence-electron chi connectivity index (χ4n) is 4.17. The van der Waals surface area contributed by atoms with E-state index in [9.17, 15) is 0 Å². The number of allylic oxidation sites excluding steroid dienone is 2. The van der Waals surface area contributed by atoms with Crippen LogP contribution in [-0.2, 0) is 0 Å². The third-order valence-electron chi connectivity index (χ3n) is 5.80. The van der Waals surface area contributed by atoms with Crippen LogP contribution in [0.2, 0.25) is 0 Å². The molecule has 1 aliphatic rings. The van der Waals surface area contributed by atoms with Crippen LogP contribution in [0.1, 0.15) is 54.7 Å². The van der Waals surface area contributed by atoms with Gasteiger partial charge in [-0.3, -0.25) is 0 Å². The van der Waals surface area contributed by atoms with Gasteiger partial charge >= 0.3 is 0 Å². The Morgan fingerprint density at radius 2 is 1.59 bits per heavy atom. The van der Waals surface area contributed by atoms with Crippen LogP contribution in [0.4, 0.5) is 0 Å². The van der Waals surface area contributed by atoms with Crippen molar-refractivity contribution in [2.45, 2.75) is 44.9 Å². The van der Waals surface area contributed by atoms with Crippen LogP contribution >= 0.6 is 0 Å². The van der Waals surface area contributed by atoms with Crippen LogP contribution in [0.15, 0.2) is 72.3 Å². The highest BCUT2D eigenvalue weighted by atomic mass is 16.5. The van der Waals surface area contributed by atoms with Gasteiger partial charge in [0, 0.05) is 5.92 Å². The summed E-state index contributed by atoms with van der Waals surface area (Å²) in [5.74, 6) is 1.33. The molecule has 1 atom stereocenters. The van der Waals surface area contributed by atoms with Crippen molar-refractivity contribution in [3.8, 4) is 5.75 Å². The van der Waals surface area contributed by atoms with Gasteiger partial charge in [-0.1, -0.05) is 65.7 Å². The van der Waals surface area contributed by atoms with E-state index >= 15 is 0 Å². The van der Waals surface area contributed by atoms with Gasteiger partial charge in [0.1, 0.15) is 5.75 Å². The van der Waals surface area contributed by atoms with Gasteiger partial charge in [0.15, 0.2) is 0 Å². The summed E-state index contributed by atoms with van der Waals surface area (Å²) in [4.78, 5) is 0. The lowest BCUT2D eigenvalue weighted by atomic mass is 9.82. The molecule has 3 aromatic carbocycles. The minimum Gasteiger partial charge on any atom is -0.497 e. The highest BCUT2D eigenvalue weighted by Gasteiger charge is 2.18. The van der Waals surface area contributed by atoms with E-state index < -0.39 is 0 Å². The third-order valence-corrected chi connectivity index (χ3v) is 5.80. The Kier molecular flexibility index (Phi) is 5.29. The van der Waals surface area contributed by atoms with Crippen LogP contribution in [-0.4, -0.2) is 7.11 Å². The summed E-state index contributed by atoms with van der Waals surface area (Å²) < 4.78 is 5.37. The van der Waals surface area contributed by atoms with Gasteiger partial charge in [0.25, 0.3) is 0 Å². The molecule has 0 spiro atoms. The molecular weight excluding hydrogens is 328 g/mol. The molecule has 1 aliphatic carbocycles. The molecule has 0 N–H and O–H groups in total. The molecule has 27 heavy (non-hydrogen) atoms. The standard InChI is InChI=1S/C26H28O/c1-19-8-10-21(11-9-19)26(16-20-6-4-3-5-7-20)24-13-12-23-18-25(27-2)15-14-22(23)17-24/h6,8-15,17-18,26H,3-5,7,16H2,1-2H3. The monoisotopic (exact) mass is 356 g/mol. The number of aryl methyl sites for hydroxylation is 1. The maximum atomic E-state index is 5.37. The zero-order valence-electron chi connectivity index (χ0n) is 16.4. The molecule has 0 aromatic heterocycles. The minimum absolute atomic E-state index is 0.418. The highest BCUT2D eigenvalue weighted by molar-refractivity contribution is 5.84. The van der Waals surface area contributed by atoms with Crippen LogP contribution in [0, 0.1) is 6.92 Å². The molecule has 4 rings (SSSR count). The Hall–Kier alpha value is -2.54. The molecule has 0 amide bonds. The van der Waals surface area contributed by atoms with Gasteiger partial charge in [-0.05, 0) is 73.1 Å². The van der Waals surface area contributed by atoms with Gasteiger partial charge in [-0.2, -0.15) is 0 Å². The summed E-state index contributed by atoms with van der Waals surface area (Å²) in [6, 6.07) is 22.3. The van der Waals surface area contributed by atoms with E-state index in [2.05, 4.69) is 73.7 Å². The zero-order chi connectivity index (χ0) is 18.6. The van der Waals surface area contributed by atoms with E-state index in [4.69, 9.17) is 4.74 Å². The van der Waals surface area contributed by atoms with E-state index in [1.165, 1.54) is 53.1 Å². The third kappa shape index (κ3) is 4.08. The van der Waals surface area contributed by atoms with Crippen molar-refractivity contribution in [3.05, 3.63) is 89.0 Å². The summed E-state index contributed by atoms with van der Waals surface area (Å²) in [5, 5.41) is 2.51. The summed E-state index contributed by atoms with van der Waals surface area (Å²) in [5.41, 5.74) is 5.77. The first-order valence-electron chi connectivity index (χ1n) is 10.0. The fourth-order valence-corrected chi connectivity index (χ4v) is 4.17. The molecule has 0 heterocycles. The zero-order valence-corrected chi connectivity index (χ0v) is 16.4. The van der Waals surface area contributed by atoms with Crippen LogP contribution in [0.3, 0.4) is 0 Å². The fraction of sp³-hybridized carbons (Fsp3) is 0.308. The molecule has 0 fully saturated rings.